The van der Waals surface area contributed by atoms with Gasteiger partial charge in [0.1, 0.15) is 5.82 Å². The van der Waals surface area contributed by atoms with Crippen LogP contribution in [0, 0.1) is 18.6 Å². The van der Waals surface area contributed by atoms with Crippen LogP contribution in [0.5, 0.6) is 5.88 Å². The lowest BCUT2D eigenvalue weighted by Gasteiger charge is -2.41. The minimum Gasteiger partial charge on any atom is -0.459 e. The molecule has 0 unspecified atom stereocenters. The van der Waals surface area contributed by atoms with Crippen LogP contribution in [-0.4, -0.2) is 43.0 Å². The molecule has 1 fully saturated rings. The van der Waals surface area contributed by atoms with Crippen molar-refractivity contribution in [1.82, 2.24) is 9.88 Å². The number of benzene rings is 1. The fourth-order valence-corrected chi connectivity index (χ4v) is 2.59. The largest absolute Gasteiger partial charge is 0.459 e. The van der Waals surface area contributed by atoms with E-state index in [0.29, 0.717) is 11.3 Å². The maximum atomic E-state index is 14.8. The molecule has 0 radical (unpaired) electrons. The molecule has 0 atom stereocenters. The molecule has 3 rings (SSSR count). The van der Waals surface area contributed by atoms with Crippen LogP contribution < -0.4 is 4.74 Å². The zero-order valence-electron chi connectivity index (χ0n) is 15.0. The Bertz CT molecular complexity index is 822. The van der Waals surface area contributed by atoms with E-state index in [1.165, 1.54) is 24.4 Å². The van der Waals surface area contributed by atoms with Gasteiger partial charge in [-0.15, -0.1) is 0 Å². The van der Waals surface area contributed by atoms with Gasteiger partial charge >= 0.3 is 0 Å². The standard InChI is InChI=1S/C19H21F2N3O2/c1-4-24(3)12-23-17-9-16(21)14(8-13(17)2)19(10-25-11-19)26-18-15(20)6-5-7-22-18/h5-9,12H,4,10-11H2,1-3H3. The molecule has 0 saturated carbocycles. The van der Waals surface area contributed by atoms with Crippen molar-refractivity contribution in [1.29, 1.82) is 0 Å². The Labute approximate surface area is 151 Å². The maximum Gasteiger partial charge on any atom is 0.251 e. The Hall–Kier alpha value is -2.54. The molecule has 2 heterocycles. The van der Waals surface area contributed by atoms with Crippen molar-refractivity contribution in [3.63, 3.8) is 0 Å². The van der Waals surface area contributed by atoms with E-state index in [2.05, 4.69) is 9.98 Å². The molecule has 5 nitrogen and oxygen atoms in total. The molecule has 0 N–H and O–H groups in total. The number of halogens is 2. The Balaban J connectivity index is 1.93. The van der Waals surface area contributed by atoms with Gasteiger partial charge in [-0.1, -0.05) is 0 Å². The molecular formula is C19H21F2N3O2. The van der Waals surface area contributed by atoms with E-state index in [-0.39, 0.29) is 19.1 Å². The monoisotopic (exact) mass is 361 g/mol. The summed E-state index contributed by atoms with van der Waals surface area (Å²) in [6, 6.07) is 5.76. The van der Waals surface area contributed by atoms with E-state index >= 15 is 0 Å². The number of aryl methyl sites for hydroxylation is 1. The van der Waals surface area contributed by atoms with Crippen LogP contribution in [0.1, 0.15) is 18.1 Å². The van der Waals surface area contributed by atoms with Crippen molar-refractivity contribution in [3.8, 4) is 5.88 Å². The van der Waals surface area contributed by atoms with Crippen LogP contribution in [0.4, 0.5) is 14.5 Å². The molecule has 0 aliphatic carbocycles. The van der Waals surface area contributed by atoms with Gasteiger partial charge in [0.25, 0.3) is 5.88 Å². The fourth-order valence-electron chi connectivity index (χ4n) is 2.59. The van der Waals surface area contributed by atoms with Gasteiger partial charge in [0.15, 0.2) is 11.4 Å². The number of hydrogen-bond donors (Lipinski definition) is 0. The van der Waals surface area contributed by atoms with E-state index in [1.54, 1.807) is 12.4 Å². The second kappa shape index (κ2) is 7.37. The van der Waals surface area contributed by atoms with Gasteiger partial charge in [0, 0.05) is 31.4 Å². The molecule has 0 spiro atoms. The van der Waals surface area contributed by atoms with Gasteiger partial charge in [0.2, 0.25) is 0 Å². The Morgan fingerprint density at radius 1 is 1.35 bits per heavy atom. The first-order valence-corrected chi connectivity index (χ1v) is 8.37. The minimum atomic E-state index is -1.09. The highest BCUT2D eigenvalue weighted by Gasteiger charge is 2.46. The zero-order chi connectivity index (χ0) is 18.7. The fraction of sp³-hybridized carbons (Fsp3) is 0.368. The SMILES string of the molecule is CCN(C)C=Nc1cc(F)c(C2(Oc3ncccc3F)COC2)cc1C. The second-order valence-electron chi connectivity index (χ2n) is 6.32. The van der Waals surface area contributed by atoms with Gasteiger partial charge in [-0.3, -0.25) is 0 Å². The van der Waals surface area contributed by atoms with Crippen molar-refractivity contribution in [2.45, 2.75) is 19.4 Å². The summed E-state index contributed by atoms with van der Waals surface area (Å²) in [6.07, 6.45) is 3.08. The molecule has 0 amide bonds. The molecule has 7 heteroatoms. The summed E-state index contributed by atoms with van der Waals surface area (Å²) in [4.78, 5) is 10.1. The number of pyridine rings is 1. The van der Waals surface area contributed by atoms with Crippen LogP contribution in [0.3, 0.4) is 0 Å². The summed E-state index contributed by atoms with van der Waals surface area (Å²) in [5.41, 5.74) is 0.547. The summed E-state index contributed by atoms with van der Waals surface area (Å²) < 4.78 is 39.7. The maximum absolute atomic E-state index is 14.8. The third-order valence-electron chi connectivity index (χ3n) is 4.36. The molecular weight excluding hydrogens is 340 g/mol. The third-order valence-corrected chi connectivity index (χ3v) is 4.36. The number of nitrogens with zero attached hydrogens (tertiary/aromatic N) is 3. The summed E-state index contributed by atoms with van der Waals surface area (Å²) in [5, 5.41) is 0. The van der Waals surface area contributed by atoms with Gasteiger partial charge in [-0.25, -0.2) is 18.8 Å². The highest BCUT2D eigenvalue weighted by Crippen LogP contribution is 2.38. The van der Waals surface area contributed by atoms with E-state index in [4.69, 9.17) is 9.47 Å². The van der Waals surface area contributed by atoms with Gasteiger partial charge in [-0.05, 0) is 37.6 Å². The number of aromatic nitrogens is 1. The van der Waals surface area contributed by atoms with Crippen LogP contribution in [0.2, 0.25) is 0 Å². The molecule has 1 aromatic carbocycles. The predicted octanol–water partition coefficient (Wildman–Crippen LogP) is 3.58. The Kier molecular flexibility index (Phi) is 5.18. The molecule has 1 aliphatic heterocycles. The van der Waals surface area contributed by atoms with Crippen molar-refractivity contribution >= 4 is 12.0 Å². The average molecular weight is 361 g/mol. The van der Waals surface area contributed by atoms with Gasteiger partial charge in [0.05, 0.1) is 25.2 Å². The van der Waals surface area contributed by atoms with Crippen molar-refractivity contribution in [3.05, 3.63) is 53.2 Å². The highest BCUT2D eigenvalue weighted by atomic mass is 19.1. The van der Waals surface area contributed by atoms with E-state index in [0.717, 1.165) is 12.1 Å². The molecule has 0 bridgehead atoms. The van der Waals surface area contributed by atoms with Crippen molar-refractivity contribution in [2.75, 3.05) is 26.8 Å². The first-order chi connectivity index (χ1) is 12.4. The second-order valence-corrected chi connectivity index (χ2v) is 6.32. The van der Waals surface area contributed by atoms with Crippen molar-refractivity contribution < 1.29 is 18.3 Å². The van der Waals surface area contributed by atoms with Crippen LogP contribution in [0.15, 0.2) is 35.5 Å². The molecule has 1 saturated heterocycles. The zero-order valence-corrected chi connectivity index (χ0v) is 15.0. The summed E-state index contributed by atoms with van der Waals surface area (Å²) >= 11 is 0. The van der Waals surface area contributed by atoms with Crippen LogP contribution in [-0.2, 0) is 10.3 Å². The average Bonchev–Trinajstić information content (AvgIpc) is 2.60. The third kappa shape index (κ3) is 3.53. The lowest BCUT2D eigenvalue weighted by molar-refractivity contribution is -0.172. The van der Waals surface area contributed by atoms with Gasteiger partial charge < -0.3 is 14.4 Å². The van der Waals surface area contributed by atoms with Crippen LogP contribution in [0.25, 0.3) is 0 Å². The normalized spacial score (nSPS) is 15.7. The van der Waals surface area contributed by atoms with Crippen molar-refractivity contribution in [2.24, 2.45) is 4.99 Å². The first-order valence-electron chi connectivity index (χ1n) is 8.37. The number of aliphatic imine (C=N–C) groups is 1. The number of rotatable bonds is 6. The lowest BCUT2D eigenvalue weighted by Crippen LogP contribution is -2.52. The molecule has 2 aromatic rings. The minimum absolute atomic E-state index is 0.126. The predicted molar refractivity (Wildman–Crippen MR) is 94.9 cm³/mol. The quantitative estimate of drug-likeness (QED) is 0.583. The van der Waals surface area contributed by atoms with E-state index in [9.17, 15) is 8.78 Å². The molecule has 138 valence electrons. The molecule has 1 aliphatic rings. The first kappa shape index (κ1) is 18.3. The summed E-state index contributed by atoms with van der Waals surface area (Å²) in [5.74, 6) is -1.24. The van der Waals surface area contributed by atoms with Gasteiger partial charge in [-0.2, -0.15) is 0 Å². The smallest absolute Gasteiger partial charge is 0.251 e. The summed E-state index contributed by atoms with van der Waals surface area (Å²) in [6.45, 7) is 4.89. The molecule has 1 aromatic heterocycles. The number of ether oxygens (including phenoxy) is 2. The Morgan fingerprint density at radius 3 is 2.73 bits per heavy atom. The highest BCUT2D eigenvalue weighted by molar-refractivity contribution is 5.63. The van der Waals surface area contributed by atoms with E-state index in [1.807, 2.05) is 25.8 Å². The summed E-state index contributed by atoms with van der Waals surface area (Å²) in [7, 11) is 1.89. The van der Waals surface area contributed by atoms with E-state index < -0.39 is 17.2 Å². The topological polar surface area (TPSA) is 47.0 Å². The lowest BCUT2D eigenvalue weighted by atomic mass is 9.89. The van der Waals surface area contributed by atoms with Crippen LogP contribution >= 0.6 is 0 Å². The Morgan fingerprint density at radius 2 is 2.12 bits per heavy atom. The molecule has 26 heavy (non-hydrogen) atoms. The number of hydrogen-bond acceptors (Lipinski definition) is 4.